The lowest BCUT2D eigenvalue weighted by molar-refractivity contribution is -0.112. The van der Waals surface area contributed by atoms with Crippen LogP contribution < -0.4 is 10.1 Å². The van der Waals surface area contributed by atoms with Crippen LogP contribution in [0.5, 0.6) is 5.75 Å². The van der Waals surface area contributed by atoms with E-state index in [0.29, 0.717) is 18.0 Å². The molecule has 1 amide bonds. The zero-order valence-electron chi connectivity index (χ0n) is 13.5. The van der Waals surface area contributed by atoms with Crippen molar-refractivity contribution in [3.8, 4) is 11.8 Å². The average Bonchev–Trinajstić information content (AvgIpc) is 2.61. The van der Waals surface area contributed by atoms with Crippen molar-refractivity contribution in [2.24, 2.45) is 0 Å². The molecule has 25 heavy (non-hydrogen) atoms. The summed E-state index contributed by atoms with van der Waals surface area (Å²) in [7, 11) is 0. The van der Waals surface area contributed by atoms with E-state index in [0.717, 1.165) is 0 Å². The lowest BCUT2D eigenvalue weighted by Gasteiger charge is -2.07. The fourth-order valence-electron chi connectivity index (χ4n) is 2.12. The molecule has 0 fully saturated rings. The van der Waals surface area contributed by atoms with Crippen molar-refractivity contribution in [1.82, 2.24) is 0 Å². The molecule has 0 radical (unpaired) electrons. The van der Waals surface area contributed by atoms with Gasteiger partial charge in [-0.2, -0.15) is 5.26 Å². The number of ether oxygens (including phenoxy) is 1. The third-order valence-electron chi connectivity index (χ3n) is 3.28. The van der Waals surface area contributed by atoms with Crippen LogP contribution in [-0.4, -0.2) is 23.6 Å². The summed E-state index contributed by atoms with van der Waals surface area (Å²) in [5.41, 5.74) is 0.612. The first-order valence-electron chi connectivity index (χ1n) is 7.53. The van der Waals surface area contributed by atoms with E-state index in [4.69, 9.17) is 4.74 Å². The summed E-state index contributed by atoms with van der Waals surface area (Å²) < 4.78 is 5.32. The fraction of sp³-hybridized carbons (Fsp3) is 0.105. The second-order valence-corrected chi connectivity index (χ2v) is 4.97. The average molecular weight is 336 g/mol. The molecule has 0 aliphatic carbocycles. The Bertz CT molecular complexity index is 848. The summed E-state index contributed by atoms with van der Waals surface area (Å²) in [6.45, 7) is 2.41. The van der Waals surface area contributed by atoms with Crippen molar-refractivity contribution in [3.05, 3.63) is 65.2 Å². The van der Waals surface area contributed by atoms with Gasteiger partial charge in [0.1, 0.15) is 17.4 Å². The number of amides is 1. The number of carboxylic acid groups (broad SMARTS) is 1. The molecule has 2 rings (SSSR count). The monoisotopic (exact) mass is 336 g/mol. The highest BCUT2D eigenvalue weighted by Gasteiger charge is 2.13. The van der Waals surface area contributed by atoms with Crippen LogP contribution in [0.3, 0.4) is 0 Å². The van der Waals surface area contributed by atoms with E-state index in [2.05, 4.69) is 5.32 Å². The molecule has 2 N–H and O–H groups in total. The van der Waals surface area contributed by atoms with E-state index >= 15 is 0 Å². The lowest BCUT2D eigenvalue weighted by Crippen LogP contribution is -2.13. The number of hydrogen-bond acceptors (Lipinski definition) is 4. The Kier molecular flexibility index (Phi) is 5.91. The second kappa shape index (κ2) is 8.31. The third-order valence-corrected chi connectivity index (χ3v) is 3.28. The van der Waals surface area contributed by atoms with Gasteiger partial charge in [-0.3, -0.25) is 4.79 Å². The quantitative estimate of drug-likeness (QED) is 0.622. The van der Waals surface area contributed by atoms with Gasteiger partial charge < -0.3 is 15.2 Å². The molecule has 126 valence electrons. The normalized spacial score (nSPS) is 10.6. The lowest BCUT2D eigenvalue weighted by atomic mass is 10.0. The SMILES string of the molecule is CCOc1ccc(NC(=O)/C(C#N)=C\c2ccccc2C(=O)O)cc1. The van der Waals surface area contributed by atoms with Gasteiger partial charge in [0, 0.05) is 5.69 Å². The number of carbonyl (C=O) groups excluding carboxylic acids is 1. The molecular weight excluding hydrogens is 320 g/mol. The van der Waals surface area contributed by atoms with Gasteiger partial charge in [0.05, 0.1) is 12.2 Å². The van der Waals surface area contributed by atoms with Crippen LogP contribution in [0.15, 0.2) is 54.1 Å². The van der Waals surface area contributed by atoms with E-state index in [1.165, 1.54) is 18.2 Å². The zero-order chi connectivity index (χ0) is 18.2. The van der Waals surface area contributed by atoms with Crippen LogP contribution in [0.1, 0.15) is 22.8 Å². The predicted molar refractivity (Wildman–Crippen MR) is 93.2 cm³/mol. The number of rotatable bonds is 6. The first-order valence-corrected chi connectivity index (χ1v) is 7.53. The van der Waals surface area contributed by atoms with Crippen molar-refractivity contribution in [1.29, 1.82) is 5.26 Å². The molecule has 0 bridgehead atoms. The molecule has 6 heteroatoms. The van der Waals surface area contributed by atoms with Crippen molar-refractivity contribution >= 4 is 23.6 Å². The number of carboxylic acids is 1. The maximum absolute atomic E-state index is 12.3. The molecule has 0 saturated carbocycles. The molecule has 0 saturated heterocycles. The van der Waals surface area contributed by atoms with Crippen LogP contribution in [0.2, 0.25) is 0 Å². The zero-order valence-corrected chi connectivity index (χ0v) is 13.5. The summed E-state index contributed by atoms with van der Waals surface area (Å²) in [4.78, 5) is 23.5. The molecule has 0 atom stereocenters. The highest BCUT2D eigenvalue weighted by Crippen LogP contribution is 2.18. The van der Waals surface area contributed by atoms with Crippen LogP contribution in [0, 0.1) is 11.3 Å². The number of aromatic carboxylic acids is 1. The van der Waals surface area contributed by atoms with Gasteiger partial charge in [-0.25, -0.2) is 4.79 Å². The molecule has 2 aromatic rings. The molecule has 0 aromatic heterocycles. The number of carbonyl (C=O) groups is 2. The largest absolute Gasteiger partial charge is 0.494 e. The Morgan fingerprint density at radius 3 is 2.48 bits per heavy atom. The smallest absolute Gasteiger partial charge is 0.336 e. The van der Waals surface area contributed by atoms with Crippen molar-refractivity contribution in [2.45, 2.75) is 6.92 Å². The topological polar surface area (TPSA) is 99.4 Å². The molecule has 6 nitrogen and oxygen atoms in total. The van der Waals surface area contributed by atoms with Crippen LogP contribution in [-0.2, 0) is 4.79 Å². The van der Waals surface area contributed by atoms with Gasteiger partial charge in [0.15, 0.2) is 0 Å². The van der Waals surface area contributed by atoms with Crippen molar-refractivity contribution in [2.75, 3.05) is 11.9 Å². The van der Waals surface area contributed by atoms with Crippen LogP contribution in [0.4, 0.5) is 5.69 Å². The minimum absolute atomic E-state index is 0.0177. The summed E-state index contributed by atoms with van der Waals surface area (Å²) >= 11 is 0. The highest BCUT2D eigenvalue weighted by atomic mass is 16.5. The Morgan fingerprint density at radius 1 is 1.20 bits per heavy atom. The predicted octanol–water partition coefficient (Wildman–Crippen LogP) is 3.33. The van der Waals surface area contributed by atoms with Gasteiger partial charge >= 0.3 is 5.97 Å². The van der Waals surface area contributed by atoms with E-state index in [1.807, 2.05) is 6.92 Å². The van der Waals surface area contributed by atoms with Crippen LogP contribution in [0.25, 0.3) is 6.08 Å². The number of benzene rings is 2. The van der Waals surface area contributed by atoms with Gasteiger partial charge in [0.2, 0.25) is 0 Å². The molecule has 0 spiro atoms. The molecule has 0 unspecified atom stereocenters. The Morgan fingerprint density at radius 2 is 1.88 bits per heavy atom. The maximum atomic E-state index is 12.3. The molecule has 0 aliphatic heterocycles. The Balaban J connectivity index is 2.21. The number of nitrogens with one attached hydrogen (secondary N) is 1. The fourth-order valence-corrected chi connectivity index (χ4v) is 2.12. The minimum atomic E-state index is -1.13. The van der Waals surface area contributed by atoms with Crippen molar-refractivity contribution < 1.29 is 19.4 Å². The van der Waals surface area contributed by atoms with Gasteiger partial charge in [-0.15, -0.1) is 0 Å². The van der Waals surface area contributed by atoms with E-state index in [-0.39, 0.29) is 16.7 Å². The van der Waals surface area contributed by atoms with Crippen LogP contribution >= 0.6 is 0 Å². The van der Waals surface area contributed by atoms with Gasteiger partial charge in [-0.05, 0) is 48.9 Å². The van der Waals surface area contributed by atoms with Gasteiger partial charge in [-0.1, -0.05) is 18.2 Å². The Labute approximate surface area is 145 Å². The van der Waals surface area contributed by atoms with Gasteiger partial charge in [0.25, 0.3) is 5.91 Å². The maximum Gasteiger partial charge on any atom is 0.336 e. The minimum Gasteiger partial charge on any atom is -0.494 e. The third kappa shape index (κ3) is 4.69. The highest BCUT2D eigenvalue weighted by molar-refractivity contribution is 6.10. The first-order chi connectivity index (χ1) is 12.0. The standard InChI is InChI=1S/C19H16N2O4/c1-2-25-16-9-7-15(8-10-16)21-18(22)14(12-20)11-13-5-3-4-6-17(13)19(23)24/h3-11H,2H2,1H3,(H,21,22)(H,23,24)/b14-11-. The number of nitrogens with zero attached hydrogens (tertiary/aromatic N) is 1. The molecule has 0 aliphatic rings. The Hall–Kier alpha value is -3.59. The molecule has 0 heterocycles. The summed E-state index contributed by atoms with van der Waals surface area (Å²) in [5, 5.41) is 21.0. The number of hydrogen-bond donors (Lipinski definition) is 2. The summed E-state index contributed by atoms with van der Waals surface area (Å²) in [6.07, 6.45) is 1.26. The van der Waals surface area contributed by atoms with E-state index < -0.39 is 11.9 Å². The molecular formula is C19H16N2O4. The van der Waals surface area contributed by atoms with Crippen molar-refractivity contribution in [3.63, 3.8) is 0 Å². The molecule has 2 aromatic carbocycles. The summed E-state index contributed by atoms with van der Waals surface area (Å²) in [6, 6.07) is 14.7. The van der Waals surface area contributed by atoms with E-state index in [9.17, 15) is 20.0 Å². The number of nitriles is 1. The first kappa shape index (κ1) is 17.8. The number of anilines is 1. The second-order valence-electron chi connectivity index (χ2n) is 4.97. The van der Waals surface area contributed by atoms with E-state index in [1.54, 1.807) is 42.5 Å². The summed E-state index contributed by atoms with van der Waals surface area (Å²) in [5.74, 6) is -1.07.